The average molecular weight is 349 g/mol. The Morgan fingerprint density at radius 3 is 2.39 bits per heavy atom. The fraction of sp³-hybridized carbons (Fsp3) is 0. The van der Waals surface area contributed by atoms with Crippen LogP contribution in [0.2, 0.25) is 5.02 Å². The smallest absolute Gasteiger partial charge is 0.334 e. The molecule has 0 aliphatic rings. The fourth-order valence-electron chi connectivity index (χ4n) is 1.79. The van der Waals surface area contributed by atoms with Crippen molar-refractivity contribution in [2.75, 3.05) is 10.6 Å². The maximum Gasteiger partial charge on any atom is 0.353 e. The van der Waals surface area contributed by atoms with Gasteiger partial charge in [-0.2, -0.15) is 0 Å². The van der Waals surface area contributed by atoms with Gasteiger partial charge in [-0.05, 0) is 24.3 Å². The molecule has 116 valence electrons. The Morgan fingerprint density at radius 2 is 1.78 bits per heavy atom. The van der Waals surface area contributed by atoms with Crippen molar-refractivity contribution < 1.29 is 4.92 Å². The summed E-state index contributed by atoms with van der Waals surface area (Å²) in [4.78, 5) is 22.8. The maximum atomic E-state index is 11.4. The fourth-order valence-corrected chi connectivity index (χ4v) is 2.44. The van der Waals surface area contributed by atoms with Crippen molar-refractivity contribution in [3.05, 3.63) is 57.3 Å². The molecule has 2 heterocycles. The standard InChI is InChI=1S/C13H9ClN6O2S/c14-8-1-3-9(4-2-8)18-11-10(20(21)22)12(17-7-16-11)19-13-15-5-6-23-13/h1-7H,(H2,15,16,17,18,19). The minimum atomic E-state index is -0.547. The first kappa shape index (κ1) is 15.1. The minimum Gasteiger partial charge on any atom is -0.334 e. The second kappa shape index (κ2) is 6.55. The topological polar surface area (TPSA) is 106 Å². The highest BCUT2D eigenvalue weighted by Gasteiger charge is 2.23. The van der Waals surface area contributed by atoms with Crippen molar-refractivity contribution in [1.29, 1.82) is 0 Å². The van der Waals surface area contributed by atoms with Gasteiger partial charge in [0.05, 0.1) is 4.92 Å². The highest BCUT2D eigenvalue weighted by atomic mass is 35.5. The van der Waals surface area contributed by atoms with Gasteiger partial charge in [-0.25, -0.2) is 15.0 Å². The summed E-state index contributed by atoms with van der Waals surface area (Å²) in [6, 6.07) is 6.74. The lowest BCUT2D eigenvalue weighted by Gasteiger charge is -2.08. The van der Waals surface area contributed by atoms with Crippen LogP contribution in [0.4, 0.5) is 28.1 Å². The predicted molar refractivity (Wildman–Crippen MR) is 88.8 cm³/mol. The number of thiazole rings is 1. The van der Waals surface area contributed by atoms with Crippen molar-refractivity contribution in [2.24, 2.45) is 0 Å². The van der Waals surface area contributed by atoms with Crippen LogP contribution >= 0.6 is 22.9 Å². The summed E-state index contributed by atoms with van der Waals surface area (Å²) in [6.45, 7) is 0. The van der Waals surface area contributed by atoms with E-state index >= 15 is 0 Å². The molecule has 0 radical (unpaired) electrons. The van der Waals surface area contributed by atoms with E-state index in [1.165, 1.54) is 17.7 Å². The Morgan fingerprint density at radius 1 is 1.09 bits per heavy atom. The summed E-state index contributed by atoms with van der Waals surface area (Å²) in [6.07, 6.45) is 2.83. The lowest BCUT2D eigenvalue weighted by Crippen LogP contribution is -2.05. The van der Waals surface area contributed by atoms with Crippen LogP contribution in [-0.4, -0.2) is 19.9 Å². The van der Waals surface area contributed by atoms with Gasteiger partial charge in [0, 0.05) is 22.3 Å². The Balaban J connectivity index is 1.96. The molecule has 10 heteroatoms. The second-order valence-corrected chi connectivity index (χ2v) is 5.60. The van der Waals surface area contributed by atoms with Gasteiger partial charge in [-0.1, -0.05) is 11.6 Å². The molecule has 0 saturated heterocycles. The number of nitrogens with zero attached hydrogens (tertiary/aromatic N) is 4. The Bertz CT molecular complexity index is 825. The lowest BCUT2D eigenvalue weighted by atomic mass is 10.3. The molecular formula is C13H9ClN6O2S. The van der Waals surface area contributed by atoms with Crippen LogP contribution in [0.3, 0.4) is 0 Å². The molecule has 0 aliphatic carbocycles. The number of benzene rings is 1. The molecular weight excluding hydrogens is 340 g/mol. The molecule has 0 atom stereocenters. The third-order valence-electron chi connectivity index (χ3n) is 2.77. The van der Waals surface area contributed by atoms with E-state index in [4.69, 9.17) is 11.6 Å². The molecule has 0 aliphatic heterocycles. The molecule has 1 aromatic carbocycles. The number of nitrogens with one attached hydrogen (secondary N) is 2. The molecule has 0 bridgehead atoms. The number of hydrogen-bond donors (Lipinski definition) is 2. The maximum absolute atomic E-state index is 11.4. The minimum absolute atomic E-state index is 0.0661. The summed E-state index contributed by atoms with van der Waals surface area (Å²) in [5.41, 5.74) is 0.356. The van der Waals surface area contributed by atoms with E-state index in [1.54, 1.807) is 35.8 Å². The van der Waals surface area contributed by atoms with Crippen LogP contribution in [0.25, 0.3) is 0 Å². The van der Waals surface area contributed by atoms with Crippen LogP contribution in [-0.2, 0) is 0 Å². The highest BCUT2D eigenvalue weighted by molar-refractivity contribution is 7.13. The van der Waals surface area contributed by atoms with Crippen LogP contribution < -0.4 is 10.6 Å². The number of aromatic nitrogens is 3. The van der Waals surface area contributed by atoms with E-state index < -0.39 is 4.92 Å². The normalized spacial score (nSPS) is 10.3. The monoisotopic (exact) mass is 348 g/mol. The van der Waals surface area contributed by atoms with Crippen molar-refractivity contribution in [3.8, 4) is 0 Å². The molecule has 0 amide bonds. The summed E-state index contributed by atoms with van der Waals surface area (Å²) in [5.74, 6) is 0.141. The predicted octanol–water partition coefficient (Wildman–Crippen LogP) is 3.98. The van der Waals surface area contributed by atoms with Crippen molar-refractivity contribution in [3.63, 3.8) is 0 Å². The largest absolute Gasteiger partial charge is 0.353 e. The summed E-state index contributed by atoms with van der Waals surface area (Å²) < 4.78 is 0. The van der Waals surface area contributed by atoms with Crippen molar-refractivity contribution in [1.82, 2.24) is 15.0 Å². The third kappa shape index (κ3) is 3.52. The zero-order valence-corrected chi connectivity index (χ0v) is 13.0. The van der Waals surface area contributed by atoms with E-state index in [2.05, 4.69) is 25.6 Å². The quantitative estimate of drug-likeness (QED) is 0.530. The SMILES string of the molecule is O=[N+]([O-])c1c(Nc2ccc(Cl)cc2)ncnc1Nc1nccs1. The number of hydrogen-bond acceptors (Lipinski definition) is 8. The van der Waals surface area contributed by atoms with Gasteiger partial charge in [0.1, 0.15) is 6.33 Å². The number of halogens is 1. The number of anilines is 4. The summed E-state index contributed by atoms with van der Waals surface area (Å²) in [5, 5.41) is 20.0. The second-order valence-electron chi connectivity index (χ2n) is 4.27. The zero-order valence-electron chi connectivity index (χ0n) is 11.4. The Labute approximate surface area is 139 Å². The first-order chi connectivity index (χ1) is 11.1. The van der Waals surface area contributed by atoms with E-state index in [9.17, 15) is 10.1 Å². The molecule has 3 rings (SSSR count). The summed E-state index contributed by atoms with van der Waals surface area (Å²) >= 11 is 7.13. The van der Waals surface area contributed by atoms with Crippen molar-refractivity contribution >= 4 is 51.1 Å². The van der Waals surface area contributed by atoms with Crippen LogP contribution in [0, 0.1) is 10.1 Å². The van der Waals surface area contributed by atoms with Gasteiger partial charge in [0.25, 0.3) is 0 Å². The first-order valence-corrected chi connectivity index (χ1v) is 7.58. The molecule has 0 unspecified atom stereocenters. The molecule has 0 saturated carbocycles. The van der Waals surface area contributed by atoms with Gasteiger partial charge in [0.2, 0.25) is 11.6 Å². The van der Waals surface area contributed by atoms with E-state index in [-0.39, 0.29) is 17.3 Å². The Hall–Kier alpha value is -2.78. The summed E-state index contributed by atoms with van der Waals surface area (Å²) in [7, 11) is 0. The molecule has 3 aromatic rings. The van der Waals surface area contributed by atoms with E-state index in [1.807, 2.05) is 0 Å². The molecule has 23 heavy (non-hydrogen) atoms. The van der Waals surface area contributed by atoms with Crippen LogP contribution in [0.1, 0.15) is 0 Å². The van der Waals surface area contributed by atoms with Gasteiger partial charge >= 0.3 is 5.69 Å². The molecule has 2 N–H and O–H groups in total. The Kier molecular flexibility index (Phi) is 4.31. The zero-order chi connectivity index (χ0) is 16.2. The number of rotatable bonds is 5. The van der Waals surface area contributed by atoms with Gasteiger partial charge in [-0.3, -0.25) is 10.1 Å². The molecule has 0 spiro atoms. The first-order valence-electron chi connectivity index (χ1n) is 6.32. The number of nitro groups is 1. The van der Waals surface area contributed by atoms with Gasteiger partial charge in [-0.15, -0.1) is 11.3 Å². The van der Waals surface area contributed by atoms with Crippen LogP contribution in [0.15, 0.2) is 42.2 Å². The van der Waals surface area contributed by atoms with Gasteiger partial charge in [0.15, 0.2) is 5.13 Å². The third-order valence-corrected chi connectivity index (χ3v) is 3.71. The van der Waals surface area contributed by atoms with Crippen molar-refractivity contribution in [2.45, 2.75) is 0 Å². The molecule has 0 fully saturated rings. The molecule has 2 aromatic heterocycles. The van der Waals surface area contributed by atoms with E-state index in [0.29, 0.717) is 15.8 Å². The highest BCUT2D eigenvalue weighted by Crippen LogP contribution is 2.33. The van der Waals surface area contributed by atoms with E-state index in [0.717, 1.165) is 0 Å². The van der Waals surface area contributed by atoms with Crippen LogP contribution in [0.5, 0.6) is 0 Å². The van der Waals surface area contributed by atoms with Gasteiger partial charge < -0.3 is 10.6 Å². The average Bonchev–Trinajstić information content (AvgIpc) is 3.02. The lowest BCUT2D eigenvalue weighted by molar-refractivity contribution is -0.383. The molecule has 8 nitrogen and oxygen atoms in total.